The molecule has 114 valence electrons. The number of fused-ring (bicyclic) bond motifs is 1. The Morgan fingerprint density at radius 1 is 1.24 bits per heavy atom. The summed E-state index contributed by atoms with van der Waals surface area (Å²) in [5, 5.41) is 4.18. The molecule has 0 fully saturated rings. The van der Waals surface area contributed by atoms with Crippen LogP contribution in [0.25, 0.3) is 0 Å². The van der Waals surface area contributed by atoms with Gasteiger partial charge in [0.2, 0.25) is 0 Å². The zero-order valence-corrected chi connectivity index (χ0v) is 12.8. The Hall–Kier alpha value is -1.73. The highest BCUT2D eigenvalue weighted by Gasteiger charge is 2.17. The minimum Gasteiger partial charge on any atom is -0.329 e. The quantitative estimate of drug-likeness (QED) is 0.772. The standard InChI is InChI=1S/C14H23N7/c1-18(2)5-6-19-4-3-14-16-9-13(21(14)8-7-19)10-20-12-15-11-17-20/h9,11-12H,3-8,10H2,1-2H3. The highest BCUT2D eigenvalue weighted by atomic mass is 15.3. The molecule has 0 radical (unpaired) electrons. The average Bonchev–Trinajstić information content (AvgIpc) is 3.05. The molecule has 3 heterocycles. The number of rotatable bonds is 5. The minimum absolute atomic E-state index is 0.741. The van der Waals surface area contributed by atoms with Crippen LogP contribution < -0.4 is 0 Å². The summed E-state index contributed by atoms with van der Waals surface area (Å²) in [6, 6.07) is 0. The van der Waals surface area contributed by atoms with Gasteiger partial charge in [-0.25, -0.2) is 14.6 Å². The van der Waals surface area contributed by atoms with E-state index in [1.807, 2.05) is 10.9 Å². The van der Waals surface area contributed by atoms with E-state index in [4.69, 9.17) is 0 Å². The van der Waals surface area contributed by atoms with Crippen molar-refractivity contribution in [2.45, 2.75) is 19.5 Å². The van der Waals surface area contributed by atoms with Gasteiger partial charge in [0.15, 0.2) is 0 Å². The van der Waals surface area contributed by atoms with Crippen LogP contribution >= 0.6 is 0 Å². The molecule has 2 aromatic heterocycles. The number of hydrogen-bond acceptors (Lipinski definition) is 5. The van der Waals surface area contributed by atoms with E-state index in [1.165, 1.54) is 11.5 Å². The van der Waals surface area contributed by atoms with Gasteiger partial charge in [-0.15, -0.1) is 0 Å². The Bertz CT molecular complexity index is 558. The monoisotopic (exact) mass is 289 g/mol. The van der Waals surface area contributed by atoms with E-state index in [2.05, 4.69) is 43.5 Å². The lowest BCUT2D eigenvalue weighted by atomic mass is 10.3. The summed E-state index contributed by atoms with van der Waals surface area (Å²) in [4.78, 5) is 13.3. The fourth-order valence-electron chi connectivity index (χ4n) is 2.71. The van der Waals surface area contributed by atoms with Gasteiger partial charge in [0, 0.05) is 39.1 Å². The maximum absolute atomic E-state index is 4.59. The van der Waals surface area contributed by atoms with Crippen molar-refractivity contribution < 1.29 is 0 Å². The Labute approximate surface area is 125 Å². The summed E-state index contributed by atoms with van der Waals surface area (Å²) in [6.07, 6.45) is 6.32. The van der Waals surface area contributed by atoms with E-state index in [0.717, 1.165) is 45.7 Å². The molecule has 7 heteroatoms. The van der Waals surface area contributed by atoms with Crippen molar-refractivity contribution in [2.24, 2.45) is 0 Å². The number of likely N-dealkylation sites (N-methyl/N-ethyl adjacent to an activating group) is 1. The van der Waals surface area contributed by atoms with Crippen LogP contribution in [0.1, 0.15) is 11.5 Å². The van der Waals surface area contributed by atoms with Crippen LogP contribution in [0.5, 0.6) is 0 Å². The first kappa shape index (κ1) is 14.2. The molecule has 0 bridgehead atoms. The predicted octanol–water partition coefficient (Wildman–Crippen LogP) is -0.0574. The largest absolute Gasteiger partial charge is 0.329 e. The van der Waals surface area contributed by atoms with Crippen molar-refractivity contribution in [3.63, 3.8) is 0 Å². The third kappa shape index (κ3) is 3.48. The third-order valence-electron chi connectivity index (χ3n) is 3.97. The van der Waals surface area contributed by atoms with Crippen LogP contribution in [0.4, 0.5) is 0 Å². The molecule has 0 spiro atoms. The van der Waals surface area contributed by atoms with Gasteiger partial charge in [0.1, 0.15) is 18.5 Å². The van der Waals surface area contributed by atoms with Gasteiger partial charge < -0.3 is 9.47 Å². The number of nitrogens with zero attached hydrogens (tertiary/aromatic N) is 7. The van der Waals surface area contributed by atoms with Gasteiger partial charge in [-0.1, -0.05) is 0 Å². The van der Waals surface area contributed by atoms with Crippen LogP contribution in [0.15, 0.2) is 18.9 Å². The van der Waals surface area contributed by atoms with Gasteiger partial charge in [-0.05, 0) is 14.1 Å². The van der Waals surface area contributed by atoms with Crippen LogP contribution in [-0.4, -0.2) is 74.4 Å². The summed E-state index contributed by atoms with van der Waals surface area (Å²) in [5.74, 6) is 1.19. The number of aromatic nitrogens is 5. The van der Waals surface area contributed by atoms with Crippen molar-refractivity contribution in [3.05, 3.63) is 30.4 Å². The lowest BCUT2D eigenvalue weighted by Crippen LogP contribution is -2.33. The third-order valence-corrected chi connectivity index (χ3v) is 3.97. The van der Waals surface area contributed by atoms with Crippen molar-refractivity contribution in [1.29, 1.82) is 0 Å². The van der Waals surface area contributed by atoms with Gasteiger partial charge in [0.05, 0.1) is 18.4 Å². The average molecular weight is 289 g/mol. The minimum atomic E-state index is 0.741. The van der Waals surface area contributed by atoms with Gasteiger partial charge in [-0.2, -0.15) is 5.10 Å². The molecule has 21 heavy (non-hydrogen) atoms. The van der Waals surface area contributed by atoms with Gasteiger partial charge >= 0.3 is 0 Å². The van der Waals surface area contributed by atoms with E-state index in [1.54, 1.807) is 12.7 Å². The second-order valence-electron chi connectivity index (χ2n) is 5.81. The molecule has 1 aliphatic rings. The molecule has 2 aromatic rings. The molecule has 0 aliphatic carbocycles. The molecule has 1 aliphatic heterocycles. The number of hydrogen-bond donors (Lipinski definition) is 0. The Balaban J connectivity index is 1.65. The molecule has 0 saturated heterocycles. The second kappa shape index (κ2) is 6.36. The molecule has 0 N–H and O–H groups in total. The molecule has 0 saturated carbocycles. The zero-order valence-electron chi connectivity index (χ0n) is 12.8. The maximum Gasteiger partial charge on any atom is 0.137 e. The Morgan fingerprint density at radius 2 is 2.14 bits per heavy atom. The predicted molar refractivity (Wildman–Crippen MR) is 80.0 cm³/mol. The first-order valence-electron chi connectivity index (χ1n) is 7.45. The van der Waals surface area contributed by atoms with Crippen molar-refractivity contribution >= 4 is 0 Å². The second-order valence-corrected chi connectivity index (χ2v) is 5.81. The molecule has 7 nitrogen and oxygen atoms in total. The van der Waals surface area contributed by atoms with Gasteiger partial charge in [0.25, 0.3) is 0 Å². The van der Waals surface area contributed by atoms with Crippen LogP contribution in [0.3, 0.4) is 0 Å². The van der Waals surface area contributed by atoms with Crippen molar-refractivity contribution in [3.8, 4) is 0 Å². The van der Waals surface area contributed by atoms with Crippen LogP contribution in [0.2, 0.25) is 0 Å². The summed E-state index contributed by atoms with van der Waals surface area (Å²) < 4.78 is 4.19. The topological polar surface area (TPSA) is 55.0 Å². The molecular formula is C14H23N7. The van der Waals surface area contributed by atoms with E-state index in [-0.39, 0.29) is 0 Å². The molecule has 0 amide bonds. The highest BCUT2D eigenvalue weighted by Crippen LogP contribution is 2.12. The molecule has 0 aromatic carbocycles. The van der Waals surface area contributed by atoms with E-state index in [9.17, 15) is 0 Å². The Kier molecular flexibility index (Phi) is 4.31. The van der Waals surface area contributed by atoms with E-state index in [0.29, 0.717) is 0 Å². The first-order chi connectivity index (χ1) is 10.2. The number of imidazole rings is 1. The molecular weight excluding hydrogens is 266 g/mol. The van der Waals surface area contributed by atoms with Gasteiger partial charge in [-0.3, -0.25) is 4.90 Å². The zero-order chi connectivity index (χ0) is 14.7. The normalized spacial score (nSPS) is 16.1. The summed E-state index contributed by atoms with van der Waals surface area (Å²) in [6.45, 7) is 6.15. The fourth-order valence-corrected chi connectivity index (χ4v) is 2.71. The molecule has 0 atom stereocenters. The lowest BCUT2D eigenvalue weighted by Gasteiger charge is -2.21. The maximum atomic E-state index is 4.59. The van der Waals surface area contributed by atoms with E-state index >= 15 is 0 Å². The van der Waals surface area contributed by atoms with Crippen molar-refractivity contribution in [1.82, 2.24) is 34.1 Å². The summed E-state index contributed by atoms with van der Waals surface area (Å²) in [7, 11) is 4.25. The summed E-state index contributed by atoms with van der Waals surface area (Å²) in [5.41, 5.74) is 1.21. The summed E-state index contributed by atoms with van der Waals surface area (Å²) >= 11 is 0. The van der Waals surface area contributed by atoms with E-state index < -0.39 is 0 Å². The molecule has 0 unspecified atom stereocenters. The SMILES string of the molecule is CN(C)CCN1CCc2ncc(Cn3cncn3)n2CC1. The smallest absolute Gasteiger partial charge is 0.137 e. The van der Waals surface area contributed by atoms with Crippen molar-refractivity contribution in [2.75, 3.05) is 40.3 Å². The fraction of sp³-hybridized carbons (Fsp3) is 0.643. The Morgan fingerprint density at radius 3 is 2.90 bits per heavy atom. The van der Waals surface area contributed by atoms with Crippen LogP contribution in [0, 0.1) is 0 Å². The first-order valence-corrected chi connectivity index (χ1v) is 7.45. The van der Waals surface area contributed by atoms with Crippen LogP contribution in [-0.2, 0) is 19.5 Å². The lowest BCUT2D eigenvalue weighted by molar-refractivity contribution is 0.244. The highest BCUT2D eigenvalue weighted by molar-refractivity contribution is 5.07. The molecule has 3 rings (SSSR count).